The van der Waals surface area contributed by atoms with E-state index in [9.17, 15) is 4.79 Å². The van der Waals surface area contributed by atoms with Gasteiger partial charge in [-0.05, 0) is 56.4 Å². The summed E-state index contributed by atoms with van der Waals surface area (Å²) in [6, 6.07) is 13.4. The van der Waals surface area contributed by atoms with Crippen molar-refractivity contribution in [3.8, 4) is 0 Å². The Morgan fingerprint density at radius 2 is 2.00 bits per heavy atom. The Balaban J connectivity index is 0.00000300. The Morgan fingerprint density at radius 3 is 2.69 bits per heavy atom. The molecule has 0 bridgehead atoms. The molecule has 1 aliphatic rings. The molecule has 1 fully saturated rings. The smallest absolute Gasteiger partial charge is 0.250 e. The Kier molecular flexibility index (Phi) is 9.49. The van der Waals surface area contributed by atoms with E-state index < -0.39 is 0 Å². The highest BCUT2D eigenvalue weighted by Gasteiger charge is 2.44. The van der Waals surface area contributed by atoms with Crippen LogP contribution in [0.25, 0.3) is 0 Å². The fourth-order valence-corrected chi connectivity index (χ4v) is 3.53. The number of rotatable bonds is 9. The maximum atomic E-state index is 11.7. The molecule has 1 aliphatic carbocycles. The van der Waals surface area contributed by atoms with Crippen LogP contribution < -0.4 is 16.2 Å². The first kappa shape index (κ1) is 23.7. The van der Waals surface area contributed by atoms with Crippen molar-refractivity contribution in [2.75, 3.05) is 19.6 Å². The van der Waals surface area contributed by atoms with Crippen molar-refractivity contribution in [2.45, 2.75) is 44.6 Å². The zero-order valence-electron chi connectivity index (χ0n) is 16.9. The molecule has 2 aromatic rings. The van der Waals surface area contributed by atoms with Crippen LogP contribution in [0.1, 0.15) is 38.2 Å². The van der Waals surface area contributed by atoms with Crippen LogP contribution in [-0.4, -0.2) is 30.2 Å². The van der Waals surface area contributed by atoms with Gasteiger partial charge in [0.15, 0.2) is 5.96 Å². The van der Waals surface area contributed by atoms with Gasteiger partial charge >= 0.3 is 0 Å². The number of nitrogens with zero attached hydrogens (tertiary/aromatic N) is 2. The summed E-state index contributed by atoms with van der Waals surface area (Å²) in [6.07, 6.45) is 6.07. The second kappa shape index (κ2) is 11.6. The monoisotopic (exact) mass is 528 g/mol. The van der Waals surface area contributed by atoms with Crippen molar-refractivity contribution in [3.05, 3.63) is 69.6 Å². The minimum absolute atomic E-state index is 0. The van der Waals surface area contributed by atoms with Crippen LogP contribution in [0, 0.1) is 0 Å². The van der Waals surface area contributed by atoms with Crippen molar-refractivity contribution < 1.29 is 0 Å². The second-order valence-corrected chi connectivity index (χ2v) is 7.79. The van der Waals surface area contributed by atoms with Gasteiger partial charge in [-0.2, -0.15) is 0 Å². The van der Waals surface area contributed by atoms with E-state index in [1.165, 1.54) is 5.56 Å². The Labute approximate surface area is 195 Å². The highest BCUT2D eigenvalue weighted by Crippen LogP contribution is 2.48. The van der Waals surface area contributed by atoms with Crippen LogP contribution in [0.15, 0.2) is 58.4 Å². The lowest BCUT2D eigenvalue weighted by Crippen LogP contribution is -2.38. The Bertz CT molecular complexity index is 864. The summed E-state index contributed by atoms with van der Waals surface area (Å²) >= 11 is 6.16. The first-order valence-electron chi connectivity index (χ1n) is 10.1. The molecular weight excluding hydrogens is 499 g/mol. The molecule has 0 spiro atoms. The number of nitrogens with one attached hydrogen (secondary N) is 2. The van der Waals surface area contributed by atoms with Gasteiger partial charge in [0.25, 0.3) is 0 Å². The summed E-state index contributed by atoms with van der Waals surface area (Å²) < 4.78 is 1.75. The van der Waals surface area contributed by atoms with Crippen molar-refractivity contribution in [2.24, 2.45) is 4.99 Å². The first-order chi connectivity index (χ1) is 13.6. The van der Waals surface area contributed by atoms with Crippen LogP contribution in [0.5, 0.6) is 0 Å². The average molecular weight is 529 g/mol. The molecule has 0 amide bonds. The molecular formula is C22H30ClIN4O. The minimum Gasteiger partial charge on any atom is -0.357 e. The highest BCUT2D eigenvalue weighted by atomic mass is 127. The molecule has 158 valence electrons. The Hall–Kier alpha value is -1.54. The fourth-order valence-electron chi connectivity index (χ4n) is 3.34. The lowest BCUT2D eigenvalue weighted by Gasteiger charge is -2.16. The third-order valence-corrected chi connectivity index (χ3v) is 5.43. The number of guanidine groups is 1. The van der Waals surface area contributed by atoms with Gasteiger partial charge in [0.2, 0.25) is 5.56 Å². The summed E-state index contributed by atoms with van der Waals surface area (Å²) in [5.41, 5.74) is 1.48. The summed E-state index contributed by atoms with van der Waals surface area (Å²) in [4.78, 5) is 16.5. The molecule has 2 N–H and O–H groups in total. The zero-order chi connectivity index (χ0) is 19.8. The number of benzene rings is 1. The Morgan fingerprint density at radius 1 is 1.17 bits per heavy atom. The quantitative estimate of drug-likeness (QED) is 0.222. The minimum atomic E-state index is 0. The maximum Gasteiger partial charge on any atom is 0.250 e. The van der Waals surface area contributed by atoms with Gasteiger partial charge in [0.1, 0.15) is 0 Å². The van der Waals surface area contributed by atoms with Gasteiger partial charge in [-0.15, -0.1) is 24.0 Å². The molecule has 0 radical (unpaired) electrons. The number of aromatic nitrogens is 1. The predicted octanol–water partition coefficient (Wildman–Crippen LogP) is 4.19. The van der Waals surface area contributed by atoms with E-state index in [1.54, 1.807) is 16.7 Å². The summed E-state index contributed by atoms with van der Waals surface area (Å²) in [6.45, 7) is 5.24. The number of aliphatic imine (C=N–C) groups is 1. The van der Waals surface area contributed by atoms with E-state index >= 15 is 0 Å². The number of pyridine rings is 1. The second-order valence-electron chi connectivity index (χ2n) is 7.35. The van der Waals surface area contributed by atoms with Gasteiger partial charge in [0, 0.05) is 42.3 Å². The molecule has 1 heterocycles. The van der Waals surface area contributed by atoms with E-state index in [0.717, 1.165) is 62.8 Å². The normalized spacial score (nSPS) is 14.8. The maximum absolute atomic E-state index is 11.7. The number of halogens is 2. The van der Waals surface area contributed by atoms with Gasteiger partial charge in [-0.3, -0.25) is 9.79 Å². The molecule has 3 rings (SSSR count). The molecule has 7 heteroatoms. The predicted molar refractivity (Wildman–Crippen MR) is 132 cm³/mol. The van der Waals surface area contributed by atoms with Crippen LogP contribution >= 0.6 is 35.6 Å². The van der Waals surface area contributed by atoms with Gasteiger partial charge in [0.05, 0.1) is 6.54 Å². The standard InChI is InChI=1S/C22H29ClN4O.HI/c1-2-24-21(25-13-4-6-15-27-14-5-3-10-20(27)28)26-17-22(11-12-22)18-8-7-9-19(23)16-18;/h3,5,7-10,14,16H,2,4,6,11-13,15,17H2,1H3,(H2,24,25,26);1H. The van der Waals surface area contributed by atoms with E-state index in [0.29, 0.717) is 0 Å². The molecule has 0 saturated heterocycles. The van der Waals surface area contributed by atoms with E-state index in [-0.39, 0.29) is 35.0 Å². The molecule has 0 aliphatic heterocycles. The van der Waals surface area contributed by atoms with Gasteiger partial charge < -0.3 is 15.2 Å². The SMILES string of the molecule is CCNC(=NCC1(c2cccc(Cl)c2)CC1)NCCCCn1ccccc1=O.I. The number of hydrogen-bond donors (Lipinski definition) is 2. The number of unbranched alkanes of at least 4 members (excludes halogenated alkanes) is 1. The van der Waals surface area contributed by atoms with E-state index in [4.69, 9.17) is 16.6 Å². The lowest BCUT2D eigenvalue weighted by atomic mass is 9.96. The topological polar surface area (TPSA) is 58.4 Å². The van der Waals surface area contributed by atoms with Crippen LogP contribution in [0.4, 0.5) is 0 Å². The van der Waals surface area contributed by atoms with E-state index in [1.807, 2.05) is 24.4 Å². The van der Waals surface area contributed by atoms with Crippen molar-refractivity contribution >= 4 is 41.5 Å². The van der Waals surface area contributed by atoms with Crippen molar-refractivity contribution in [1.29, 1.82) is 0 Å². The first-order valence-corrected chi connectivity index (χ1v) is 10.4. The van der Waals surface area contributed by atoms with E-state index in [2.05, 4.69) is 29.7 Å². The lowest BCUT2D eigenvalue weighted by molar-refractivity contribution is 0.585. The third kappa shape index (κ3) is 7.03. The largest absolute Gasteiger partial charge is 0.357 e. The fraction of sp³-hybridized carbons (Fsp3) is 0.455. The van der Waals surface area contributed by atoms with Gasteiger partial charge in [-0.25, -0.2) is 0 Å². The summed E-state index contributed by atoms with van der Waals surface area (Å²) in [5, 5.41) is 7.52. The molecule has 1 aromatic carbocycles. The summed E-state index contributed by atoms with van der Waals surface area (Å²) in [5.74, 6) is 0.854. The van der Waals surface area contributed by atoms with Crippen LogP contribution in [0.3, 0.4) is 0 Å². The van der Waals surface area contributed by atoms with Crippen LogP contribution in [-0.2, 0) is 12.0 Å². The van der Waals surface area contributed by atoms with Gasteiger partial charge in [-0.1, -0.05) is 29.8 Å². The van der Waals surface area contributed by atoms with Crippen molar-refractivity contribution in [3.63, 3.8) is 0 Å². The van der Waals surface area contributed by atoms with Crippen molar-refractivity contribution in [1.82, 2.24) is 15.2 Å². The third-order valence-electron chi connectivity index (χ3n) is 5.19. The number of hydrogen-bond acceptors (Lipinski definition) is 2. The molecule has 1 saturated carbocycles. The van der Waals surface area contributed by atoms with Crippen LogP contribution in [0.2, 0.25) is 5.02 Å². The average Bonchev–Trinajstić information content (AvgIpc) is 3.48. The highest BCUT2D eigenvalue weighted by molar-refractivity contribution is 14.0. The molecule has 0 atom stereocenters. The molecule has 0 unspecified atom stereocenters. The number of aryl methyl sites for hydroxylation is 1. The molecule has 1 aromatic heterocycles. The summed E-state index contributed by atoms with van der Waals surface area (Å²) in [7, 11) is 0. The molecule has 5 nitrogen and oxygen atoms in total. The molecule has 29 heavy (non-hydrogen) atoms. The zero-order valence-corrected chi connectivity index (χ0v) is 20.0.